The molecule has 0 amide bonds. The molecule has 1 aliphatic carbocycles. The molecule has 0 fully saturated rings. The van der Waals surface area contributed by atoms with Gasteiger partial charge < -0.3 is 0 Å². The highest BCUT2D eigenvalue weighted by Gasteiger charge is 2.35. The number of benzene rings is 9. The van der Waals surface area contributed by atoms with Gasteiger partial charge in [0.05, 0.1) is 33.4 Å². The van der Waals surface area contributed by atoms with Gasteiger partial charge in [-0.1, -0.05) is 159 Å². The molecule has 0 bridgehead atoms. The van der Waals surface area contributed by atoms with E-state index < -0.39 is 0 Å². The lowest BCUT2D eigenvalue weighted by atomic mass is 9.81. The fraction of sp³-hybridized carbons (Fsp3) is 0.0545. The summed E-state index contributed by atoms with van der Waals surface area (Å²) in [5, 5.41) is 4.68. The molecule has 11 aromatic rings. The number of rotatable bonds is 5. The Labute approximate surface area is 342 Å². The zero-order chi connectivity index (χ0) is 39.2. The first-order chi connectivity index (χ1) is 29.0. The lowest BCUT2D eigenvalue weighted by Crippen LogP contribution is -2.14. The molecule has 2 heterocycles. The number of fused-ring (bicyclic) bond motifs is 7. The van der Waals surface area contributed by atoms with Crippen molar-refractivity contribution in [2.24, 2.45) is 0 Å². The molecule has 0 atom stereocenters. The van der Waals surface area contributed by atoms with Crippen LogP contribution >= 0.6 is 0 Å². The lowest BCUT2D eigenvalue weighted by molar-refractivity contribution is 0.660. The molecule has 0 N–H and O–H groups in total. The van der Waals surface area contributed by atoms with Gasteiger partial charge in [-0.3, -0.25) is 9.13 Å². The molecule has 59 heavy (non-hydrogen) atoms. The SMILES string of the molecule is CC1(C)c2ccccc2-c2ccc(-c3c4cccc(-n5c(-c6ccccc6)nc6ccccc65)c4cc4c(-n5c(-c6ccccc6)nc6ccccc65)cccc34)cc21. The Hall–Kier alpha value is -7.56. The zero-order valence-electron chi connectivity index (χ0n) is 32.8. The largest absolute Gasteiger partial charge is 0.292 e. The van der Waals surface area contributed by atoms with Crippen LogP contribution in [0, 0.1) is 0 Å². The maximum atomic E-state index is 5.27. The number of aromatic nitrogens is 4. The van der Waals surface area contributed by atoms with E-state index in [1.165, 1.54) is 44.2 Å². The van der Waals surface area contributed by atoms with Crippen LogP contribution in [0.2, 0.25) is 0 Å². The first-order valence-corrected chi connectivity index (χ1v) is 20.3. The molecule has 0 unspecified atom stereocenters. The van der Waals surface area contributed by atoms with Crippen LogP contribution in [0.3, 0.4) is 0 Å². The molecule has 2 aromatic heterocycles. The molecule has 9 aromatic carbocycles. The normalized spacial score (nSPS) is 13.1. The summed E-state index contributed by atoms with van der Waals surface area (Å²) in [5.41, 5.74) is 16.0. The van der Waals surface area contributed by atoms with Gasteiger partial charge in [0.25, 0.3) is 0 Å². The van der Waals surface area contributed by atoms with Crippen molar-refractivity contribution in [3.05, 3.63) is 205 Å². The summed E-state index contributed by atoms with van der Waals surface area (Å²) in [5.74, 6) is 1.83. The standard InChI is InChI=1S/C55H38N4/c1-55(2)44-24-10-9-21-38(44)39-32-31-37(33-45(39)55)52-40-22-15-29-48(58-50-27-13-11-25-46(50)56-53(58)35-17-5-3-6-18-35)42(40)34-43-41(52)23-16-30-49(43)59-51-28-14-12-26-47(51)57-54(59)36-19-7-4-8-20-36/h3-34H,1-2H3. The van der Waals surface area contributed by atoms with Crippen LogP contribution in [0.4, 0.5) is 0 Å². The molecule has 0 radical (unpaired) electrons. The van der Waals surface area contributed by atoms with Crippen molar-refractivity contribution in [1.29, 1.82) is 0 Å². The highest BCUT2D eigenvalue weighted by atomic mass is 15.1. The number of hydrogen-bond donors (Lipinski definition) is 0. The maximum absolute atomic E-state index is 5.27. The predicted molar refractivity (Wildman–Crippen MR) is 245 cm³/mol. The predicted octanol–water partition coefficient (Wildman–Crippen LogP) is 14.0. The van der Waals surface area contributed by atoms with Crippen molar-refractivity contribution in [2.75, 3.05) is 0 Å². The Morgan fingerprint density at radius 1 is 0.373 bits per heavy atom. The fourth-order valence-electron chi connectivity index (χ4n) is 9.80. The summed E-state index contributed by atoms with van der Waals surface area (Å²) in [6, 6.07) is 70.1. The highest BCUT2D eigenvalue weighted by Crippen LogP contribution is 2.51. The molecule has 0 saturated heterocycles. The zero-order valence-corrected chi connectivity index (χ0v) is 32.8. The van der Waals surface area contributed by atoms with Crippen LogP contribution in [-0.4, -0.2) is 19.1 Å². The Morgan fingerprint density at radius 2 is 0.864 bits per heavy atom. The molecule has 4 heteroatoms. The second kappa shape index (κ2) is 12.7. The van der Waals surface area contributed by atoms with E-state index in [9.17, 15) is 0 Å². The van der Waals surface area contributed by atoms with Crippen LogP contribution in [0.25, 0.3) is 100 Å². The van der Waals surface area contributed by atoms with E-state index in [0.717, 1.165) is 67.0 Å². The molecular formula is C55H38N4. The van der Waals surface area contributed by atoms with Crippen molar-refractivity contribution < 1.29 is 0 Å². The number of nitrogens with zero attached hydrogens (tertiary/aromatic N) is 4. The van der Waals surface area contributed by atoms with Crippen LogP contribution < -0.4 is 0 Å². The third-order valence-electron chi connectivity index (χ3n) is 12.5. The van der Waals surface area contributed by atoms with E-state index in [-0.39, 0.29) is 5.41 Å². The van der Waals surface area contributed by atoms with Crippen molar-refractivity contribution in [1.82, 2.24) is 19.1 Å². The van der Waals surface area contributed by atoms with Crippen LogP contribution in [-0.2, 0) is 5.41 Å². The molecule has 1 aliphatic rings. The summed E-state index contributed by atoms with van der Waals surface area (Å²) in [7, 11) is 0. The lowest BCUT2D eigenvalue weighted by Gasteiger charge is -2.23. The van der Waals surface area contributed by atoms with E-state index >= 15 is 0 Å². The van der Waals surface area contributed by atoms with Crippen molar-refractivity contribution >= 4 is 43.6 Å². The molecule has 0 spiro atoms. The van der Waals surface area contributed by atoms with Gasteiger partial charge >= 0.3 is 0 Å². The monoisotopic (exact) mass is 754 g/mol. The van der Waals surface area contributed by atoms with Crippen molar-refractivity contribution in [3.8, 4) is 56.4 Å². The van der Waals surface area contributed by atoms with Crippen LogP contribution in [0.1, 0.15) is 25.0 Å². The van der Waals surface area contributed by atoms with E-state index in [1.54, 1.807) is 0 Å². The molecule has 0 saturated carbocycles. The molecular weight excluding hydrogens is 717 g/mol. The van der Waals surface area contributed by atoms with Gasteiger partial charge in [-0.05, 0) is 92.7 Å². The third-order valence-corrected chi connectivity index (χ3v) is 12.5. The minimum atomic E-state index is -0.140. The van der Waals surface area contributed by atoms with E-state index in [4.69, 9.17) is 9.97 Å². The second-order valence-electron chi connectivity index (χ2n) is 16.2. The van der Waals surface area contributed by atoms with E-state index in [0.29, 0.717) is 0 Å². The fourth-order valence-corrected chi connectivity index (χ4v) is 9.80. The number of imidazole rings is 2. The Balaban J connectivity index is 1.22. The van der Waals surface area contributed by atoms with Gasteiger partial charge in [0.15, 0.2) is 0 Å². The minimum absolute atomic E-state index is 0.140. The smallest absolute Gasteiger partial charge is 0.145 e. The van der Waals surface area contributed by atoms with Crippen LogP contribution in [0.15, 0.2) is 194 Å². The van der Waals surface area contributed by atoms with Gasteiger partial charge in [-0.15, -0.1) is 0 Å². The first-order valence-electron chi connectivity index (χ1n) is 20.3. The molecule has 278 valence electrons. The van der Waals surface area contributed by atoms with Gasteiger partial charge in [-0.25, -0.2) is 9.97 Å². The molecule has 0 aliphatic heterocycles. The number of hydrogen-bond acceptors (Lipinski definition) is 2. The van der Waals surface area contributed by atoms with E-state index in [2.05, 4.69) is 217 Å². The Kier molecular flexibility index (Phi) is 7.24. The van der Waals surface area contributed by atoms with Crippen LogP contribution in [0.5, 0.6) is 0 Å². The minimum Gasteiger partial charge on any atom is -0.292 e. The topological polar surface area (TPSA) is 35.6 Å². The van der Waals surface area contributed by atoms with Gasteiger partial charge in [0.1, 0.15) is 11.6 Å². The highest BCUT2D eigenvalue weighted by molar-refractivity contribution is 6.17. The van der Waals surface area contributed by atoms with Gasteiger partial charge in [0, 0.05) is 27.3 Å². The summed E-state index contributed by atoms with van der Waals surface area (Å²) in [6.07, 6.45) is 0. The molecule has 12 rings (SSSR count). The Bertz CT molecular complexity index is 3290. The summed E-state index contributed by atoms with van der Waals surface area (Å²) in [4.78, 5) is 10.5. The summed E-state index contributed by atoms with van der Waals surface area (Å²) >= 11 is 0. The van der Waals surface area contributed by atoms with Crippen molar-refractivity contribution in [2.45, 2.75) is 19.3 Å². The summed E-state index contributed by atoms with van der Waals surface area (Å²) < 4.78 is 4.71. The molecule has 4 nitrogen and oxygen atoms in total. The van der Waals surface area contributed by atoms with E-state index in [1.807, 2.05) is 0 Å². The van der Waals surface area contributed by atoms with Gasteiger partial charge in [-0.2, -0.15) is 0 Å². The van der Waals surface area contributed by atoms with Crippen molar-refractivity contribution in [3.63, 3.8) is 0 Å². The summed E-state index contributed by atoms with van der Waals surface area (Å²) in [6.45, 7) is 4.73. The average molecular weight is 755 g/mol. The average Bonchev–Trinajstić information content (AvgIpc) is 3.94. The maximum Gasteiger partial charge on any atom is 0.145 e. The Morgan fingerprint density at radius 3 is 1.44 bits per heavy atom. The van der Waals surface area contributed by atoms with Gasteiger partial charge in [0.2, 0.25) is 0 Å². The quantitative estimate of drug-likeness (QED) is 0.164. The second-order valence-corrected chi connectivity index (χ2v) is 16.2. The third kappa shape index (κ3) is 4.96. The first kappa shape index (κ1) is 33.6. The number of para-hydroxylation sites is 4.